The van der Waals surface area contributed by atoms with Crippen LogP contribution in [0, 0.1) is 5.92 Å². The van der Waals surface area contributed by atoms with Gasteiger partial charge in [-0.25, -0.2) is 0 Å². The van der Waals surface area contributed by atoms with E-state index in [1.807, 2.05) is 44.2 Å². The summed E-state index contributed by atoms with van der Waals surface area (Å²) in [6.45, 7) is 5.06. The van der Waals surface area contributed by atoms with Crippen molar-refractivity contribution in [2.24, 2.45) is 5.92 Å². The number of nitrogens with zero attached hydrogens (tertiary/aromatic N) is 1. The summed E-state index contributed by atoms with van der Waals surface area (Å²) in [5.74, 6) is -0.125. The Kier molecular flexibility index (Phi) is 5.86. The van der Waals surface area contributed by atoms with Crippen LogP contribution in [-0.4, -0.2) is 23.3 Å². The molecular weight excluding hydrogens is 290 g/mol. The molecule has 5 nitrogen and oxygen atoms in total. The van der Waals surface area contributed by atoms with E-state index >= 15 is 0 Å². The number of hydrogen-bond acceptors (Lipinski definition) is 3. The van der Waals surface area contributed by atoms with Crippen LogP contribution in [0.15, 0.2) is 48.7 Å². The van der Waals surface area contributed by atoms with Crippen molar-refractivity contribution >= 4 is 11.8 Å². The van der Waals surface area contributed by atoms with Crippen LogP contribution in [0.25, 0.3) is 0 Å². The monoisotopic (exact) mass is 311 g/mol. The van der Waals surface area contributed by atoms with E-state index < -0.39 is 0 Å². The van der Waals surface area contributed by atoms with Gasteiger partial charge >= 0.3 is 0 Å². The predicted octanol–water partition coefficient (Wildman–Crippen LogP) is 2.40. The average molecular weight is 311 g/mol. The highest BCUT2D eigenvalue weighted by Crippen LogP contribution is 2.04. The molecule has 0 aliphatic heterocycles. The van der Waals surface area contributed by atoms with E-state index in [4.69, 9.17) is 0 Å². The van der Waals surface area contributed by atoms with E-state index in [0.717, 1.165) is 5.56 Å². The summed E-state index contributed by atoms with van der Waals surface area (Å²) < 4.78 is 0. The maximum absolute atomic E-state index is 12.2. The van der Waals surface area contributed by atoms with Gasteiger partial charge in [-0.15, -0.1) is 0 Å². The number of pyridine rings is 1. The molecule has 0 aliphatic carbocycles. The van der Waals surface area contributed by atoms with Crippen LogP contribution in [0.2, 0.25) is 0 Å². The summed E-state index contributed by atoms with van der Waals surface area (Å²) in [5.41, 5.74) is 1.68. The zero-order chi connectivity index (χ0) is 16.7. The van der Waals surface area contributed by atoms with Gasteiger partial charge in [-0.3, -0.25) is 14.6 Å². The third-order valence-electron chi connectivity index (χ3n) is 3.22. The molecule has 1 aromatic carbocycles. The Balaban J connectivity index is 1.98. The van der Waals surface area contributed by atoms with Crippen LogP contribution >= 0.6 is 0 Å². The Labute approximate surface area is 136 Å². The molecular formula is C18H21N3O2. The second kappa shape index (κ2) is 8.08. The molecule has 2 amide bonds. The molecule has 2 N–H and O–H groups in total. The lowest BCUT2D eigenvalue weighted by atomic mass is 10.2. The number of benzene rings is 1. The van der Waals surface area contributed by atoms with Gasteiger partial charge < -0.3 is 10.6 Å². The summed E-state index contributed by atoms with van der Waals surface area (Å²) in [7, 11) is 0. The van der Waals surface area contributed by atoms with Crippen molar-refractivity contribution in [1.29, 1.82) is 0 Å². The summed E-state index contributed by atoms with van der Waals surface area (Å²) in [5, 5.41) is 5.62. The highest BCUT2D eigenvalue weighted by molar-refractivity contribution is 5.98. The van der Waals surface area contributed by atoms with E-state index in [0.29, 0.717) is 24.6 Å². The summed E-state index contributed by atoms with van der Waals surface area (Å²) in [4.78, 5) is 28.2. The molecule has 0 saturated heterocycles. The predicted molar refractivity (Wildman–Crippen MR) is 89.0 cm³/mol. The molecule has 1 aromatic heterocycles. The largest absolute Gasteiger partial charge is 0.352 e. The molecule has 23 heavy (non-hydrogen) atoms. The van der Waals surface area contributed by atoms with Gasteiger partial charge in [0.25, 0.3) is 11.8 Å². The van der Waals surface area contributed by atoms with Crippen LogP contribution in [-0.2, 0) is 6.54 Å². The van der Waals surface area contributed by atoms with Crippen molar-refractivity contribution in [2.45, 2.75) is 20.4 Å². The first-order valence-electron chi connectivity index (χ1n) is 7.62. The van der Waals surface area contributed by atoms with Crippen molar-refractivity contribution in [2.75, 3.05) is 6.54 Å². The zero-order valence-electron chi connectivity index (χ0n) is 13.4. The Bertz CT molecular complexity index is 669. The lowest BCUT2D eigenvalue weighted by Gasteiger charge is -2.09. The van der Waals surface area contributed by atoms with Crippen molar-refractivity contribution in [1.82, 2.24) is 15.6 Å². The first kappa shape index (κ1) is 16.7. The highest BCUT2D eigenvalue weighted by atomic mass is 16.2. The number of rotatable bonds is 6. The first-order valence-corrected chi connectivity index (χ1v) is 7.62. The fourth-order valence-electron chi connectivity index (χ4n) is 1.96. The number of carbonyl (C=O) groups is 2. The number of nitrogens with one attached hydrogen (secondary N) is 2. The van der Waals surface area contributed by atoms with E-state index in [9.17, 15) is 9.59 Å². The second-order valence-corrected chi connectivity index (χ2v) is 5.70. The van der Waals surface area contributed by atoms with Crippen LogP contribution in [0.4, 0.5) is 0 Å². The normalized spacial score (nSPS) is 10.4. The van der Waals surface area contributed by atoms with Gasteiger partial charge in [-0.1, -0.05) is 44.2 Å². The van der Waals surface area contributed by atoms with Gasteiger partial charge in [0.1, 0.15) is 5.69 Å². The van der Waals surface area contributed by atoms with Crippen molar-refractivity contribution < 1.29 is 9.59 Å². The van der Waals surface area contributed by atoms with Gasteiger partial charge in [0, 0.05) is 24.8 Å². The topological polar surface area (TPSA) is 71.1 Å². The molecule has 0 aliphatic rings. The summed E-state index contributed by atoms with van der Waals surface area (Å²) in [6, 6.07) is 12.7. The summed E-state index contributed by atoms with van der Waals surface area (Å²) >= 11 is 0. The van der Waals surface area contributed by atoms with Gasteiger partial charge in [0.05, 0.1) is 0 Å². The molecule has 0 fully saturated rings. The van der Waals surface area contributed by atoms with Crippen molar-refractivity contribution in [3.05, 3.63) is 65.5 Å². The molecule has 5 heteroatoms. The quantitative estimate of drug-likeness (QED) is 0.860. The maximum Gasteiger partial charge on any atom is 0.270 e. The van der Waals surface area contributed by atoms with Crippen LogP contribution in [0.1, 0.15) is 40.3 Å². The Morgan fingerprint density at radius 3 is 2.48 bits per heavy atom. The molecule has 0 bridgehead atoms. The lowest BCUT2D eigenvalue weighted by Crippen LogP contribution is -2.28. The molecule has 0 unspecified atom stereocenters. The molecule has 1 heterocycles. The fraction of sp³-hybridized carbons (Fsp3) is 0.278. The smallest absolute Gasteiger partial charge is 0.270 e. The minimum Gasteiger partial charge on any atom is -0.352 e. The minimum atomic E-state index is -0.299. The van der Waals surface area contributed by atoms with E-state index in [1.54, 1.807) is 6.07 Å². The number of amides is 2. The van der Waals surface area contributed by atoms with Gasteiger partial charge in [0.15, 0.2) is 0 Å². The third kappa shape index (κ3) is 5.21. The third-order valence-corrected chi connectivity index (χ3v) is 3.22. The molecule has 0 atom stereocenters. The minimum absolute atomic E-state index is 0.196. The Morgan fingerprint density at radius 1 is 1.04 bits per heavy atom. The maximum atomic E-state index is 12.2. The molecule has 0 spiro atoms. The number of hydrogen-bond donors (Lipinski definition) is 2. The SMILES string of the molecule is CC(C)CNC(=O)c1ccnc(C(=O)NCc2ccccc2)c1. The van der Waals surface area contributed by atoms with E-state index in [1.165, 1.54) is 12.3 Å². The van der Waals surface area contributed by atoms with E-state index in [2.05, 4.69) is 15.6 Å². The van der Waals surface area contributed by atoms with Crippen molar-refractivity contribution in [3.63, 3.8) is 0 Å². The molecule has 0 radical (unpaired) electrons. The summed E-state index contributed by atoms with van der Waals surface area (Å²) in [6.07, 6.45) is 1.47. The van der Waals surface area contributed by atoms with Gasteiger partial charge in [-0.2, -0.15) is 0 Å². The Hall–Kier alpha value is -2.69. The highest BCUT2D eigenvalue weighted by Gasteiger charge is 2.11. The van der Waals surface area contributed by atoms with Crippen LogP contribution in [0.3, 0.4) is 0 Å². The standard InChI is InChI=1S/C18H21N3O2/c1-13(2)11-20-17(22)15-8-9-19-16(10-15)18(23)21-12-14-6-4-3-5-7-14/h3-10,13H,11-12H2,1-2H3,(H,20,22)(H,21,23). The second-order valence-electron chi connectivity index (χ2n) is 5.70. The average Bonchev–Trinajstić information content (AvgIpc) is 2.58. The molecule has 2 aromatic rings. The molecule has 120 valence electrons. The van der Waals surface area contributed by atoms with Crippen LogP contribution in [0.5, 0.6) is 0 Å². The zero-order valence-corrected chi connectivity index (χ0v) is 13.4. The molecule has 2 rings (SSSR count). The fourth-order valence-corrected chi connectivity index (χ4v) is 1.96. The Morgan fingerprint density at radius 2 is 1.78 bits per heavy atom. The lowest BCUT2D eigenvalue weighted by molar-refractivity contribution is 0.0946. The van der Waals surface area contributed by atoms with Crippen LogP contribution < -0.4 is 10.6 Å². The van der Waals surface area contributed by atoms with Gasteiger partial charge in [-0.05, 0) is 23.6 Å². The molecule has 0 saturated carbocycles. The van der Waals surface area contributed by atoms with Crippen molar-refractivity contribution in [3.8, 4) is 0 Å². The van der Waals surface area contributed by atoms with Gasteiger partial charge in [0.2, 0.25) is 0 Å². The number of carbonyl (C=O) groups excluding carboxylic acids is 2. The first-order chi connectivity index (χ1) is 11.1. The van der Waals surface area contributed by atoms with E-state index in [-0.39, 0.29) is 17.5 Å². The number of aromatic nitrogens is 1.